The summed E-state index contributed by atoms with van der Waals surface area (Å²) in [6.45, 7) is 3.72. The molecule has 1 rings (SSSR count). The summed E-state index contributed by atoms with van der Waals surface area (Å²) in [6.07, 6.45) is 2.17. The van der Waals surface area contributed by atoms with E-state index in [2.05, 4.69) is 11.6 Å². The molecule has 1 aliphatic rings. The molecule has 13 heavy (non-hydrogen) atoms. The third kappa shape index (κ3) is 2.93. The highest BCUT2D eigenvalue weighted by molar-refractivity contribution is 7.90. The van der Waals surface area contributed by atoms with E-state index in [1.807, 2.05) is 0 Å². The molecule has 0 radical (unpaired) electrons. The minimum Gasteiger partial charge on any atom is -0.395 e. The van der Waals surface area contributed by atoms with Gasteiger partial charge in [-0.3, -0.25) is 0 Å². The highest BCUT2D eigenvalue weighted by atomic mass is 32.2. The second-order valence-electron chi connectivity index (χ2n) is 4.17. The summed E-state index contributed by atoms with van der Waals surface area (Å²) in [4.78, 5) is 0. The van der Waals surface area contributed by atoms with E-state index in [-0.39, 0.29) is 12.0 Å². The molecule has 0 aromatic carbocycles. The molecule has 0 bridgehead atoms. The molecule has 0 saturated heterocycles. The predicted molar refractivity (Wildman–Crippen MR) is 50.8 cm³/mol. The van der Waals surface area contributed by atoms with Crippen molar-refractivity contribution < 1.29 is 13.5 Å². The second-order valence-corrected chi connectivity index (χ2v) is 6.35. The van der Waals surface area contributed by atoms with Crippen LogP contribution in [0.1, 0.15) is 26.7 Å². The average molecular weight is 207 g/mol. The van der Waals surface area contributed by atoms with Crippen molar-refractivity contribution in [3.8, 4) is 0 Å². The van der Waals surface area contributed by atoms with Gasteiger partial charge in [0.2, 0.25) is 10.0 Å². The molecule has 78 valence electrons. The van der Waals surface area contributed by atoms with Crippen LogP contribution in [0.15, 0.2) is 0 Å². The average Bonchev–Trinajstić information content (AvgIpc) is 2.80. The van der Waals surface area contributed by atoms with Crippen molar-refractivity contribution in [2.24, 2.45) is 5.41 Å². The van der Waals surface area contributed by atoms with Gasteiger partial charge in [-0.1, -0.05) is 6.92 Å². The predicted octanol–water partition coefficient (Wildman–Crippen LogP) is 0.0867. The van der Waals surface area contributed by atoms with Crippen LogP contribution in [0.4, 0.5) is 0 Å². The van der Waals surface area contributed by atoms with Crippen molar-refractivity contribution in [3.63, 3.8) is 0 Å². The van der Waals surface area contributed by atoms with Crippen LogP contribution in [0.2, 0.25) is 0 Å². The van der Waals surface area contributed by atoms with Crippen molar-refractivity contribution in [3.05, 3.63) is 0 Å². The molecule has 1 saturated carbocycles. The Morgan fingerprint density at radius 1 is 1.54 bits per heavy atom. The molecule has 1 fully saturated rings. The molecule has 1 unspecified atom stereocenters. The maximum absolute atomic E-state index is 11.4. The van der Waals surface area contributed by atoms with Crippen molar-refractivity contribution in [2.75, 3.05) is 13.2 Å². The Morgan fingerprint density at radius 3 is 2.46 bits per heavy atom. The van der Waals surface area contributed by atoms with Crippen LogP contribution >= 0.6 is 0 Å². The minimum atomic E-state index is -3.30. The zero-order valence-corrected chi connectivity index (χ0v) is 8.89. The smallest absolute Gasteiger partial charge is 0.216 e. The van der Waals surface area contributed by atoms with Crippen molar-refractivity contribution >= 4 is 10.0 Å². The van der Waals surface area contributed by atoms with Gasteiger partial charge in [0.25, 0.3) is 0 Å². The van der Waals surface area contributed by atoms with Crippen LogP contribution in [0.25, 0.3) is 0 Å². The van der Waals surface area contributed by atoms with Crippen molar-refractivity contribution in [1.82, 2.24) is 4.72 Å². The third-order valence-corrected chi connectivity index (χ3v) is 4.35. The summed E-state index contributed by atoms with van der Waals surface area (Å²) < 4.78 is 25.3. The fourth-order valence-electron chi connectivity index (χ4n) is 0.905. The summed E-state index contributed by atoms with van der Waals surface area (Å²) in [5.74, 6) is 0. The quantitative estimate of drug-likeness (QED) is 0.671. The Bertz CT molecular complexity index is 269. The van der Waals surface area contributed by atoms with E-state index in [0.29, 0.717) is 6.54 Å². The van der Waals surface area contributed by atoms with Crippen molar-refractivity contribution in [2.45, 2.75) is 31.9 Å². The Morgan fingerprint density at radius 2 is 2.08 bits per heavy atom. The van der Waals surface area contributed by atoms with E-state index in [1.165, 1.54) is 6.92 Å². The van der Waals surface area contributed by atoms with Gasteiger partial charge in [-0.15, -0.1) is 0 Å². The maximum atomic E-state index is 11.4. The molecular formula is C8H17NO3S. The lowest BCUT2D eigenvalue weighted by Gasteiger charge is -2.14. The van der Waals surface area contributed by atoms with Crippen LogP contribution in [0.5, 0.6) is 0 Å². The number of aliphatic hydroxyl groups is 1. The van der Waals surface area contributed by atoms with Gasteiger partial charge in [0, 0.05) is 6.54 Å². The molecule has 5 heteroatoms. The highest BCUT2D eigenvalue weighted by Crippen LogP contribution is 2.44. The maximum Gasteiger partial charge on any atom is 0.216 e. The Labute approximate surface area is 79.4 Å². The summed E-state index contributed by atoms with van der Waals surface area (Å²) >= 11 is 0. The van der Waals surface area contributed by atoms with Gasteiger partial charge >= 0.3 is 0 Å². The first-order chi connectivity index (χ1) is 5.90. The number of aliphatic hydroxyl groups excluding tert-OH is 1. The number of rotatable bonds is 5. The number of hydrogen-bond acceptors (Lipinski definition) is 3. The van der Waals surface area contributed by atoms with Gasteiger partial charge < -0.3 is 5.11 Å². The van der Waals surface area contributed by atoms with Crippen LogP contribution in [-0.4, -0.2) is 31.9 Å². The van der Waals surface area contributed by atoms with Gasteiger partial charge in [0.15, 0.2) is 0 Å². The zero-order chi connectivity index (χ0) is 10.1. The van der Waals surface area contributed by atoms with E-state index < -0.39 is 15.3 Å². The first kappa shape index (κ1) is 10.9. The van der Waals surface area contributed by atoms with Crippen LogP contribution in [0.3, 0.4) is 0 Å². The normalized spacial score (nSPS) is 22.7. The monoisotopic (exact) mass is 207 g/mol. The molecule has 0 amide bonds. The lowest BCUT2D eigenvalue weighted by Crippen LogP contribution is -2.37. The van der Waals surface area contributed by atoms with Crippen LogP contribution in [-0.2, 0) is 10.0 Å². The Kier molecular flexibility index (Phi) is 2.99. The van der Waals surface area contributed by atoms with Crippen molar-refractivity contribution in [1.29, 1.82) is 0 Å². The van der Waals surface area contributed by atoms with E-state index in [9.17, 15) is 8.42 Å². The summed E-state index contributed by atoms with van der Waals surface area (Å²) in [7, 11) is -3.30. The molecule has 1 atom stereocenters. The van der Waals surface area contributed by atoms with Gasteiger partial charge in [0.1, 0.15) is 0 Å². The molecule has 0 spiro atoms. The largest absolute Gasteiger partial charge is 0.395 e. The summed E-state index contributed by atoms with van der Waals surface area (Å²) in [6, 6.07) is 0. The summed E-state index contributed by atoms with van der Waals surface area (Å²) in [5, 5.41) is 7.98. The fourth-order valence-corrected chi connectivity index (χ4v) is 1.94. The first-order valence-electron chi connectivity index (χ1n) is 4.49. The van der Waals surface area contributed by atoms with Gasteiger partial charge in [-0.25, -0.2) is 13.1 Å². The lowest BCUT2D eigenvalue weighted by atomic mass is 10.2. The molecule has 0 aromatic rings. The van der Waals surface area contributed by atoms with E-state index in [0.717, 1.165) is 12.8 Å². The van der Waals surface area contributed by atoms with E-state index >= 15 is 0 Å². The zero-order valence-electron chi connectivity index (χ0n) is 8.08. The number of hydrogen-bond donors (Lipinski definition) is 2. The molecule has 0 aromatic heterocycles. The molecule has 4 nitrogen and oxygen atoms in total. The third-order valence-electron chi connectivity index (χ3n) is 2.59. The number of sulfonamides is 1. The second kappa shape index (κ2) is 3.55. The van der Waals surface area contributed by atoms with Gasteiger partial charge in [-0.05, 0) is 25.2 Å². The lowest BCUT2D eigenvalue weighted by molar-refractivity contribution is 0.294. The summed E-state index contributed by atoms with van der Waals surface area (Å²) in [5.41, 5.74) is 0.169. The molecular weight excluding hydrogens is 190 g/mol. The van der Waals surface area contributed by atoms with Crippen LogP contribution < -0.4 is 4.72 Å². The Hall–Kier alpha value is -0.130. The van der Waals surface area contributed by atoms with Gasteiger partial charge in [0.05, 0.1) is 11.9 Å². The molecule has 0 aliphatic heterocycles. The van der Waals surface area contributed by atoms with E-state index in [1.54, 1.807) is 0 Å². The Balaban J connectivity index is 2.43. The molecule has 1 aliphatic carbocycles. The standard InChI is InChI=1S/C8H17NO3S/c1-7(5-10)13(11,12)9-6-8(2)3-4-8/h7,9-10H,3-6H2,1-2H3. The topological polar surface area (TPSA) is 66.4 Å². The first-order valence-corrected chi connectivity index (χ1v) is 6.04. The van der Waals surface area contributed by atoms with Gasteiger partial charge in [-0.2, -0.15) is 0 Å². The molecule has 2 N–H and O–H groups in total. The van der Waals surface area contributed by atoms with Crippen LogP contribution in [0, 0.1) is 5.41 Å². The molecule has 0 heterocycles. The fraction of sp³-hybridized carbons (Fsp3) is 1.00. The minimum absolute atomic E-state index is 0.169. The SMILES string of the molecule is CC(CO)S(=O)(=O)NCC1(C)CC1. The number of nitrogens with one attached hydrogen (secondary N) is 1. The highest BCUT2D eigenvalue weighted by Gasteiger charge is 2.38. The van der Waals surface area contributed by atoms with E-state index in [4.69, 9.17) is 5.11 Å².